The lowest BCUT2D eigenvalue weighted by molar-refractivity contribution is 0.0946. The number of hydrogen-bond acceptors (Lipinski definition) is 4. The number of nitrogens with zero attached hydrogens (tertiary/aromatic N) is 3. The highest BCUT2D eigenvalue weighted by molar-refractivity contribution is 9.10. The Morgan fingerprint density at radius 1 is 1.23 bits per heavy atom. The second-order valence-corrected chi connectivity index (χ2v) is 7.09. The van der Waals surface area contributed by atoms with Gasteiger partial charge in [-0.1, -0.05) is 12.1 Å². The van der Waals surface area contributed by atoms with Gasteiger partial charge in [0.05, 0.1) is 17.8 Å². The van der Waals surface area contributed by atoms with E-state index < -0.39 is 0 Å². The highest BCUT2D eigenvalue weighted by atomic mass is 79.9. The van der Waals surface area contributed by atoms with Gasteiger partial charge in [-0.15, -0.1) is 0 Å². The van der Waals surface area contributed by atoms with Crippen LogP contribution < -0.4 is 10.1 Å². The van der Waals surface area contributed by atoms with Crippen molar-refractivity contribution >= 4 is 27.5 Å². The third kappa shape index (κ3) is 4.62. The van der Waals surface area contributed by atoms with Crippen LogP contribution in [0.25, 0.3) is 5.65 Å². The minimum Gasteiger partial charge on any atom is -0.491 e. The average molecular weight is 417 g/mol. The van der Waals surface area contributed by atoms with E-state index in [0.717, 1.165) is 22.4 Å². The molecule has 0 saturated heterocycles. The fourth-order valence-corrected chi connectivity index (χ4v) is 2.84. The molecular formula is C19H21BrN4O2. The first-order valence-corrected chi connectivity index (χ1v) is 9.10. The number of imidazole rings is 1. The number of halogens is 1. The maximum atomic E-state index is 12.6. The number of benzene rings is 1. The van der Waals surface area contributed by atoms with E-state index >= 15 is 0 Å². The summed E-state index contributed by atoms with van der Waals surface area (Å²) in [6.07, 6.45) is 3.83. The fourth-order valence-electron chi connectivity index (χ4n) is 2.49. The van der Waals surface area contributed by atoms with E-state index in [2.05, 4.69) is 26.2 Å². The summed E-state index contributed by atoms with van der Waals surface area (Å²) in [6.45, 7) is 1.66. The summed E-state index contributed by atoms with van der Waals surface area (Å²) < 4.78 is 8.65. The van der Waals surface area contributed by atoms with E-state index in [4.69, 9.17) is 4.74 Å². The molecule has 0 unspecified atom stereocenters. The number of rotatable bonds is 7. The van der Waals surface area contributed by atoms with Crippen molar-refractivity contribution < 1.29 is 9.53 Å². The van der Waals surface area contributed by atoms with E-state index in [1.165, 1.54) is 0 Å². The SMILES string of the molecule is CN(C)CCOc1ccccc1C(=O)NCc1cn2cc(Br)ccc2n1. The van der Waals surface area contributed by atoms with E-state index in [0.29, 0.717) is 24.5 Å². The number of carbonyl (C=O) groups excluding carboxylic acids is 1. The third-order valence-corrected chi connectivity index (χ3v) is 4.29. The Balaban J connectivity index is 1.65. The Bertz CT molecular complexity index is 907. The summed E-state index contributed by atoms with van der Waals surface area (Å²) in [5.74, 6) is 0.412. The van der Waals surface area contributed by atoms with Gasteiger partial charge in [-0.05, 0) is 54.3 Å². The van der Waals surface area contributed by atoms with Gasteiger partial charge < -0.3 is 19.4 Å². The molecule has 0 radical (unpaired) electrons. The van der Waals surface area contributed by atoms with Crippen molar-refractivity contribution in [2.75, 3.05) is 27.2 Å². The second kappa shape index (κ2) is 8.33. The molecule has 1 amide bonds. The molecule has 136 valence electrons. The van der Waals surface area contributed by atoms with Crippen molar-refractivity contribution in [1.82, 2.24) is 19.6 Å². The van der Waals surface area contributed by atoms with Gasteiger partial charge in [0.1, 0.15) is 18.0 Å². The zero-order valence-electron chi connectivity index (χ0n) is 14.8. The molecule has 1 N–H and O–H groups in total. The van der Waals surface area contributed by atoms with Crippen LogP contribution in [0.2, 0.25) is 0 Å². The fraction of sp³-hybridized carbons (Fsp3) is 0.263. The summed E-state index contributed by atoms with van der Waals surface area (Å²) in [4.78, 5) is 19.1. The highest BCUT2D eigenvalue weighted by Crippen LogP contribution is 2.18. The molecule has 6 nitrogen and oxygen atoms in total. The molecule has 0 spiro atoms. The van der Waals surface area contributed by atoms with Crippen LogP contribution in [0.1, 0.15) is 16.1 Å². The summed E-state index contributed by atoms with van der Waals surface area (Å²) in [5.41, 5.74) is 2.16. The number of pyridine rings is 1. The lowest BCUT2D eigenvalue weighted by atomic mass is 10.2. The normalized spacial score (nSPS) is 11.1. The quantitative estimate of drug-likeness (QED) is 0.642. The summed E-state index contributed by atoms with van der Waals surface area (Å²) in [7, 11) is 3.96. The van der Waals surface area contributed by atoms with Gasteiger partial charge in [0, 0.05) is 23.4 Å². The smallest absolute Gasteiger partial charge is 0.255 e. The lowest BCUT2D eigenvalue weighted by Crippen LogP contribution is -2.24. The molecule has 2 heterocycles. The zero-order valence-corrected chi connectivity index (χ0v) is 16.4. The zero-order chi connectivity index (χ0) is 18.5. The molecule has 0 aliphatic carbocycles. The number of carbonyl (C=O) groups is 1. The summed E-state index contributed by atoms with van der Waals surface area (Å²) >= 11 is 3.44. The number of amides is 1. The predicted molar refractivity (Wildman–Crippen MR) is 105 cm³/mol. The minimum atomic E-state index is -0.177. The highest BCUT2D eigenvalue weighted by Gasteiger charge is 2.12. The molecule has 26 heavy (non-hydrogen) atoms. The van der Waals surface area contributed by atoms with Crippen LogP contribution in [-0.2, 0) is 6.54 Å². The van der Waals surface area contributed by atoms with E-state index in [1.807, 2.05) is 66.1 Å². The largest absolute Gasteiger partial charge is 0.491 e. The van der Waals surface area contributed by atoms with Crippen LogP contribution in [-0.4, -0.2) is 47.4 Å². The molecule has 0 aliphatic rings. The Labute approximate surface area is 160 Å². The van der Waals surface area contributed by atoms with Gasteiger partial charge >= 0.3 is 0 Å². The van der Waals surface area contributed by atoms with Crippen LogP contribution in [0, 0.1) is 0 Å². The number of fused-ring (bicyclic) bond motifs is 1. The number of para-hydroxylation sites is 1. The van der Waals surface area contributed by atoms with Crippen molar-refractivity contribution in [2.45, 2.75) is 6.54 Å². The number of hydrogen-bond donors (Lipinski definition) is 1. The Kier molecular flexibility index (Phi) is 5.90. The third-order valence-electron chi connectivity index (χ3n) is 3.82. The van der Waals surface area contributed by atoms with Crippen molar-refractivity contribution in [3.8, 4) is 5.75 Å². The Hall–Kier alpha value is -2.38. The van der Waals surface area contributed by atoms with Crippen LogP contribution in [0.3, 0.4) is 0 Å². The first-order chi connectivity index (χ1) is 12.5. The molecule has 0 bridgehead atoms. The van der Waals surface area contributed by atoms with Gasteiger partial charge in [0.2, 0.25) is 0 Å². The standard InChI is InChI=1S/C19H21BrN4O2/c1-23(2)9-10-26-17-6-4-3-5-16(17)19(25)21-11-15-13-24-12-14(20)7-8-18(24)22-15/h3-8,12-13H,9-11H2,1-2H3,(H,21,25). The Morgan fingerprint density at radius 3 is 2.85 bits per heavy atom. The first-order valence-electron chi connectivity index (χ1n) is 8.31. The van der Waals surface area contributed by atoms with Crippen molar-refractivity contribution in [3.63, 3.8) is 0 Å². The van der Waals surface area contributed by atoms with Crippen molar-refractivity contribution in [3.05, 3.63) is 64.5 Å². The molecular weight excluding hydrogens is 396 g/mol. The van der Waals surface area contributed by atoms with Gasteiger partial charge in [0.15, 0.2) is 0 Å². The van der Waals surface area contributed by atoms with Gasteiger partial charge in [-0.25, -0.2) is 4.98 Å². The van der Waals surface area contributed by atoms with Crippen LogP contribution in [0.4, 0.5) is 0 Å². The van der Waals surface area contributed by atoms with Crippen molar-refractivity contribution in [1.29, 1.82) is 0 Å². The monoisotopic (exact) mass is 416 g/mol. The van der Waals surface area contributed by atoms with E-state index in [9.17, 15) is 4.79 Å². The van der Waals surface area contributed by atoms with E-state index in [1.54, 1.807) is 6.07 Å². The summed E-state index contributed by atoms with van der Waals surface area (Å²) in [5, 5.41) is 2.91. The molecule has 0 fully saturated rings. The summed E-state index contributed by atoms with van der Waals surface area (Å²) in [6, 6.07) is 11.1. The number of nitrogens with one attached hydrogen (secondary N) is 1. The maximum absolute atomic E-state index is 12.6. The maximum Gasteiger partial charge on any atom is 0.255 e. The number of ether oxygens (including phenoxy) is 1. The second-order valence-electron chi connectivity index (χ2n) is 6.18. The van der Waals surface area contributed by atoms with Gasteiger partial charge in [0.25, 0.3) is 5.91 Å². The molecule has 0 aliphatic heterocycles. The molecule has 3 rings (SSSR count). The predicted octanol–water partition coefficient (Wildman–Crippen LogP) is 2.97. The van der Waals surface area contributed by atoms with Crippen LogP contribution >= 0.6 is 15.9 Å². The topological polar surface area (TPSA) is 58.9 Å². The van der Waals surface area contributed by atoms with E-state index in [-0.39, 0.29) is 5.91 Å². The van der Waals surface area contributed by atoms with Crippen LogP contribution in [0.15, 0.2) is 53.3 Å². The average Bonchev–Trinajstić information content (AvgIpc) is 3.01. The van der Waals surface area contributed by atoms with Crippen LogP contribution in [0.5, 0.6) is 5.75 Å². The molecule has 2 aromatic heterocycles. The minimum absolute atomic E-state index is 0.177. The molecule has 0 saturated carbocycles. The molecule has 1 aromatic carbocycles. The lowest BCUT2D eigenvalue weighted by Gasteiger charge is -2.13. The molecule has 7 heteroatoms. The molecule has 3 aromatic rings. The number of aromatic nitrogens is 2. The molecule has 0 atom stereocenters. The van der Waals surface area contributed by atoms with Gasteiger partial charge in [-0.2, -0.15) is 0 Å². The first kappa shape index (κ1) is 18.4. The van der Waals surface area contributed by atoms with Gasteiger partial charge in [-0.3, -0.25) is 4.79 Å². The Morgan fingerprint density at radius 2 is 2.04 bits per heavy atom. The van der Waals surface area contributed by atoms with Crippen molar-refractivity contribution in [2.24, 2.45) is 0 Å². The number of likely N-dealkylation sites (N-methyl/N-ethyl adjacent to an activating group) is 1.